The van der Waals surface area contributed by atoms with E-state index in [0.717, 1.165) is 18.5 Å². The third-order valence-corrected chi connectivity index (χ3v) is 4.47. The molecule has 0 aromatic carbocycles. The highest BCUT2D eigenvalue weighted by Gasteiger charge is 2.48. The summed E-state index contributed by atoms with van der Waals surface area (Å²) in [7, 11) is 0. The number of hydrogen-bond acceptors (Lipinski definition) is 4. The van der Waals surface area contributed by atoms with Crippen LogP contribution < -0.4 is 4.90 Å². The highest BCUT2D eigenvalue weighted by atomic mass is 19.4. The Morgan fingerprint density at radius 3 is 2.61 bits per heavy atom. The molecule has 2 aliphatic rings. The van der Waals surface area contributed by atoms with Gasteiger partial charge in [0.2, 0.25) is 0 Å². The van der Waals surface area contributed by atoms with Gasteiger partial charge in [-0.2, -0.15) is 13.2 Å². The number of amides is 1. The molecule has 0 bridgehead atoms. The van der Waals surface area contributed by atoms with E-state index < -0.39 is 23.4 Å². The smallest absolute Gasteiger partial charge is 0.417 e. The van der Waals surface area contributed by atoms with Crippen LogP contribution in [0.5, 0.6) is 0 Å². The summed E-state index contributed by atoms with van der Waals surface area (Å²) >= 11 is 0. The van der Waals surface area contributed by atoms with Crippen molar-refractivity contribution in [3.63, 3.8) is 0 Å². The second-order valence-corrected chi connectivity index (χ2v) is 6.04. The molecule has 1 aliphatic carbocycles. The number of hydrogen-bond donors (Lipinski definition) is 0. The Morgan fingerprint density at radius 1 is 1.30 bits per heavy atom. The maximum atomic E-state index is 12.8. The molecule has 2 fully saturated rings. The molecule has 0 unspecified atom stereocenters. The number of nitrogens with zero attached hydrogens (tertiary/aromatic N) is 2. The summed E-state index contributed by atoms with van der Waals surface area (Å²) in [5, 5.41) is 0. The van der Waals surface area contributed by atoms with Crippen LogP contribution in [0, 0.1) is 5.92 Å². The molecule has 23 heavy (non-hydrogen) atoms. The van der Waals surface area contributed by atoms with E-state index in [-0.39, 0.29) is 18.2 Å². The number of anilines is 1. The summed E-state index contributed by atoms with van der Waals surface area (Å²) in [6, 6.07) is 0.893. The number of rotatable bonds is 2. The summed E-state index contributed by atoms with van der Waals surface area (Å²) in [4.78, 5) is 27.7. The summed E-state index contributed by atoms with van der Waals surface area (Å²) < 4.78 is 43.8. The SMILES string of the molecule is O=C[C@H]1CC[C@]2(CC1)CN(c1cncc(C(F)(F)F)c1)C(=O)O2. The Kier molecular flexibility index (Phi) is 3.77. The van der Waals surface area contributed by atoms with E-state index in [1.807, 2.05) is 0 Å². The zero-order chi connectivity index (χ0) is 16.7. The molecule has 2 heterocycles. The van der Waals surface area contributed by atoms with E-state index in [1.54, 1.807) is 0 Å². The Labute approximate surface area is 130 Å². The van der Waals surface area contributed by atoms with Gasteiger partial charge in [0, 0.05) is 12.1 Å². The van der Waals surface area contributed by atoms with Crippen LogP contribution in [0.25, 0.3) is 0 Å². The van der Waals surface area contributed by atoms with Gasteiger partial charge in [0.1, 0.15) is 11.9 Å². The average molecular weight is 328 g/mol. The Hall–Kier alpha value is -2.12. The minimum absolute atomic E-state index is 0.0383. The molecular formula is C15H15F3N2O3. The summed E-state index contributed by atoms with van der Waals surface area (Å²) in [6.07, 6.45) is -0.0596. The molecule has 0 atom stereocenters. The number of pyridine rings is 1. The van der Waals surface area contributed by atoms with Gasteiger partial charge in [0.15, 0.2) is 0 Å². The number of carbonyl (C=O) groups excluding carboxylic acids is 2. The van der Waals surface area contributed by atoms with E-state index in [0.29, 0.717) is 25.7 Å². The van der Waals surface area contributed by atoms with Crippen LogP contribution in [0.2, 0.25) is 0 Å². The molecule has 5 nitrogen and oxygen atoms in total. The second kappa shape index (κ2) is 5.50. The van der Waals surface area contributed by atoms with Crippen molar-refractivity contribution in [1.29, 1.82) is 0 Å². The minimum atomic E-state index is -4.52. The average Bonchev–Trinajstić information content (AvgIpc) is 2.84. The van der Waals surface area contributed by atoms with Crippen LogP contribution >= 0.6 is 0 Å². The summed E-state index contributed by atoms with van der Waals surface area (Å²) in [5.74, 6) is -0.0383. The monoisotopic (exact) mass is 328 g/mol. The van der Waals surface area contributed by atoms with Crippen molar-refractivity contribution < 1.29 is 27.5 Å². The lowest BCUT2D eigenvalue weighted by molar-refractivity contribution is -0.137. The molecule has 1 spiro atoms. The fraction of sp³-hybridized carbons (Fsp3) is 0.533. The van der Waals surface area contributed by atoms with E-state index in [2.05, 4.69) is 4.98 Å². The Morgan fingerprint density at radius 2 is 2.00 bits per heavy atom. The first-order valence-corrected chi connectivity index (χ1v) is 7.31. The van der Waals surface area contributed by atoms with Gasteiger partial charge >= 0.3 is 12.3 Å². The van der Waals surface area contributed by atoms with Crippen LogP contribution in [0.1, 0.15) is 31.2 Å². The predicted octanol–water partition coefficient (Wildman–Crippen LogP) is 3.18. The zero-order valence-corrected chi connectivity index (χ0v) is 12.2. The van der Waals surface area contributed by atoms with E-state index in [4.69, 9.17) is 4.74 Å². The maximum absolute atomic E-state index is 12.8. The molecule has 0 N–H and O–H groups in total. The first-order chi connectivity index (χ1) is 10.8. The largest absolute Gasteiger partial charge is 0.441 e. The van der Waals surface area contributed by atoms with E-state index in [1.165, 1.54) is 11.1 Å². The third-order valence-electron chi connectivity index (χ3n) is 4.47. The Balaban J connectivity index is 1.80. The van der Waals surface area contributed by atoms with Crippen molar-refractivity contribution in [2.24, 2.45) is 5.92 Å². The minimum Gasteiger partial charge on any atom is -0.441 e. The van der Waals surface area contributed by atoms with Crippen molar-refractivity contribution in [2.45, 2.75) is 37.5 Å². The molecule has 1 aliphatic heterocycles. The lowest BCUT2D eigenvalue weighted by atomic mass is 9.79. The van der Waals surface area contributed by atoms with E-state index in [9.17, 15) is 22.8 Å². The van der Waals surface area contributed by atoms with Crippen LogP contribution in [-0.4, -0.2) is 29.5 Å². The Bertz CT molecular complexity index is 625. The topological polar surface area (TPSA) is 59.5 Å². The van der Waals surface area contributed by atoms with Crippen molar-refractivity contribution >= 4 is 18.1 Å². The first kappa shape index (κ1) is 15.8. The number of halogens is 3. The van der Waals surface area contributed by atoms with Crippen LogP contribution in [0.3, 0.4) is 0 Å². The van der Waals surface area contributed by atoms with Gasteiger partial charge < -0.3 is 9.53 Å². The van der Waals surface area contributed by atoms with Gasteiger partial charge in [-0.15, -0.1) is 0 Å². The molecule has 8 heteroatoms. The van der Waals surface area contributed by atoms with Gasteiger partial charge in [-0.05, 0) is 31.7 Å². The van der Waals surface area contributed by atoms with Gasteiger partial charge in [0.05, 0.1) is 24.0 Å². The molecule has 1 saturated carbocycles. The molecule has 0 radical (unpaired) electrons. The molecule has 3 rings (SSSR count). The highest BCUT2D eigenvalue weighted by molar-refractivity contribution is 5.90. The molecule has 124 valence electrons. The fourth-order valence-corrected chi connectivity index (χ4v) is 3.11. The van der Waals surface area contributed by atoms with Crippen molar-refractivity contribution in [2.75, 3.05) is 11.4 Å². The van der Waals surface area contributed by atoms with Crippen molar-refractivity contribution in [3.05, 3.63) is 24.0 Å². The summed E-state index contributed by atoms with van der Waals surface area (Å²) in [5.41, 5.74) is -1.56. The lowest BCUT2D eigenvalue weighted by Gasteiger charge is -2.33. The third kappa shape index (κ3) is 3.02. The van der Waals surface area contributed by atoms with Crippen LogP contribution in [-0.2, 0) is 15.7 Å². The molecular weight excluding hydrogens is 313 g/mol. The maximum Gasteiger partial charge on any atom is 0.417 e. The number of aldehydes is 1. The van der Waals surface area contributed by atoms with Crippen LogP contribution in [0.15, 0.2) is 18.5 Å². The standard InChI is InChI=1S/C15H15F3N2O3/c16-15(17,18)11-5-12(7-19-6-11)20-9-14(23-13(20)22)3-1-10(8-21)2-4-14/h5-8,10H,1-4,9H2/t10-,14-. The van der Waals surface area contributed by atoms with Crippen LogP contribution in [0.4, 0.5) is 23.7 Å². The molecule has 1 aromatic rings. The zero-order valence-electron chi connectivity index (χ0n) is 12.2. The van der Waals surface area contributed by atoms with Crippen molar-refractivity contribution in [1.82, 2.24) is 4.98 Å². The number of aromatic nitrogens is 1. The second-order valence-electron chi connectivity index (χ2n) is 6.04. The summed E-state index contributed by atoms with van der Waals surface area (Å²) in [6.45, 7) is 0.181. The first-order valence-electron chi connectivity index (χ1n) is 7.31. The number of carbonyl (C=O) groups is 2. The predicted molar refractivity (Wildman–Crippen MR) is 73.8 cm³/mol. The number of ether oxygens (including phenoxy) is 1. The molecule has 1 amide bonds. The normalized spacial score (nSPS) is 28.0. The van der Waals surface area contributed by atoms with Gasteiger partial charge in [-0.25, -0.2) is 4.79 Å². The van der Waals surface area contributed by atoms with E-state index >= 15 is 0 Å². The van der Waals surface area contributed by atoms with Gasteiger partial charge in [-0.1, -0.05) is 0 Å². The number of alkyl halides is 3. The molecule has 1 saturated heterocycles. The van der Waals surface area contributed by atoms with Gasteiger partial charge in [-0.3, -0.25) is 9.88 Å². The highest BCUT2D eigenvalue weighted by Crippen LogP contribution is 2.41. The van der Waals surface area contributed by atoms with Gasteiger partial charge in [0.25, 0.3) is 0 Å². The lowest BCUT2D eigenvalue weighted by Crippen LogP contribution is -2.38. The molecule has 1 aromatic heterocycles. The quantitative estimate of drug-likeness (QED) is 0.782. The fourth-order valence-electron chi connectivity index (χ4n) is 3.11. The van der Waals surface area contributed by atoms with Crippen molar-refractivity contribution in [3.8, 4) is 0 Å².